The van der Waals surface area contributed by atoms with Crippen molar-refractivity contribution in [2.75, 3.05) is 20.3 Å². The van der Waals surface area contributed by atoms with E-state index in [4.69, 9.17) is 19.2 Å². The molecule has 1 N–H and O–H groups in total. The number of hydrogen-bond acceptors (Lipinski definition) is 7. The zero-order chi connectivity index (χ0) is 27.7. The predicted octanol–water partition coefficient (Wildman–Crippen LogP) is 3.59. The average molecular weight is 538 g/mol. The van der Waals surface area contributed by atoms with Crippen LogP contribution in [0, 0.1) is 0 Å². The van der Waals surface area contributed by atoms with Crippen LogP contribution in [0.5, 0.6) is 5.75 Å². The SMILES string of the molecule is COc1ccccc1[C@H](Cn1c(=O)n(C(C)(C)C(=O)O)c(=O)c2nc(C3CCC3)ccc21)OC1CCOCC1. The zero-order valence-electron chi connectivity index (χ0n) is 22.6. The monoisotopic (exact) mass is 537 g/mol. The van der Waals surface area contributed by atoms with Crippen LogP contribution in [0.4, 0.5) is 0 Å². The third-order valence-corrected chi connectivity index (χ3v) is 7.98. The van der Waals surface area contributed by atoms with Gasteiger partial charge in [-0.2, -0.15) is 0 Å². The van der Waals surface area contributed by atoms with Crippen molar-refractivity contribution >= 4 is 17.0 Å². The van der Waals surface area contributed by atoms with E-state index in [2.05, 4.69) is 0 Å². The topological polar surface area (TPSA) is 122 Å². The van der Waals surface area contributed by atoms with Crippen LogP contribution >= 0.6 is 0 Å². The van der Waals surface area contributed by atoms with Gasteiger partial charge in [0.25, 0.3) is 5.56 Å². The van der Waals surface area contributed by atoms with Crippen LogP contribution in [-0.4, -0.2) is 51.6 Å². The van der Waals surface area contributed by atoms with Gasteiger partial charge < -0.3 is 19.3 Å². The Labute approximate surface area is 226 Å². The van der Waals surface area contributed by atoms with E-state index in [1.54, 1.807) is 13.2 Å². The molecule has 10 nitrogen and oxygen atoms in total. The van der Waals surface area contributed by atoms with Crippen LogP contribution in [-0.2, 0) is 26.4 Å². The van der Waals surface area contributed by atoms with E-state index in [-0.39, 0.29) is 24.1 Å². The number of carbonyl (C=O) groups is 1. The molecule has 0 spiro atoms. The van der Waals surface area contributed by atoms with E-state index < -0.39 is 28.9 Å². The maximum atomic E-state index is 14.0. The maximum Gasteiger partial charge on any atom is 0.332 e. The minimum absolute atomic E-state index is 0.0352. The molecule has 1 aliphatic heterocycles. The highest BCUT2D eigenvalue weighted by Crippen LogP contribution is 2.36. The van der Waals surface area contributed by atoms with Gasteiger partial charge in [0.2, 0.25) is 0 Å². The molecule has 0 bridgehead atoms. The number of pyridine rings is 1. The first kappa shape index (κ1) is 27.1. The standard InChI is InChI=1S/C29H35N3O7/c1-29(2,27(34)35)32-26(33)25-22(12-11-21(30-25)18-7-6-8-18)31(28(32)36)17-24(39-19-13-15-38-16-14-19)20-9-4-5-10-23(20)37-3/h4-5,9-12,18-19,24H,6-8,13-17H2,1-3H3,(H,34,35)/t24-/m0/s1. The first-order valence-electron chi connectivity index (χ1n) is 13.5. The highest BCUT2D eigenvalue weighted by Gasteiger charge is 2.36. The van der Waals surface area contributed by atoms with Gasteiger partial charge in [0, 0.05) is 30.4 Å². The van der Waals surface area contributed by atoms with Gasteiger partial charge in [0.05, 0.1) is 25.3 Å². The lowest BCUT2D eigenvalue weighted by Gasteiger charge is -2.30. The molecular weight excluding hydrogens is 502 g/mol. The second-order valence-electron chi connectivity index (χ2n) is 10.8. The molecule has 3 aromatic rings. The number of ether oxygens (including phenoxy) is 3. The molecule has 2 aliphatic rings. The molecule has 0 radical (unpaired) electrons. The lowest BCUT2D eigenvalue weighted by atomic mass is 9.82. The van der Waals surface area contributed by atoms with Crippen LogP contribution in [0.15, 0.2) is 46.0 Å². The summed E-state index contributed by atoms with van der Waals surface area (Å²) in [5, 5.41) is 9.96. The van der Waals surface area contributed by atoms with Crippen LogP contribution < -0.4 is 16.0 Å². The Kier molecular flexibility index (Phi) is 7.59. The van der Waals surface area contributed by atoms with Crippen molar-refractivity contribution in [2.45, 2.75) is 76.2 Å². The second kappa shape index (κ2) is 10.9. The number of benzene rings is 1. The number of aliphatic carboxylic acids is 1. The molecule has 2 aromatic heterocycles. The summed E-state index contributed by atoms with van der Waals surface area (Å²) in [4.78, 5) is 44.6. The third kappa shape index (κ3) is 5.10. The Hall–Kier alpha value is -3.50. The first-order valence-corrected chi connectivity index (χ1v) is 13.5. The number of nitrogens with zero attached hydrogens (tertiary/aromatic N) is 3. The number of aromatic nitrogens is 3. The van der Waals surface area contributed by atoms with E-state index in [0.29, 0.717) is 37.3 Å². The Bertz CT molecular complexity index is 1480. The first-order chi connectivity index (χ1) is 18.7. The van der Waals surface area contributed by atoms with Gasteiger partial charge in [-0.1, -0.05) is 24.6 Å². The van der Waals surface area contributed by atoms with Gasteiger partial charge in [0.15, 0.2) is 5.52 Å². The Morgan fingerprint density at radius 3 is 2.49 bits per heavy atom. The molecule has 3 heterocycles. The lowest BCUT2D eigenvalue weighted by molar-refractivity contribution is -0.146. The maximum absolute atomic E-state index is 14.0. The molecule has 208 valence electrons. The lowest BCUT2D eigenvalue weighted by Crippen LogP contribution is -2.53. The van der Waals surface area contributed by atoms with Crippen molar-refractivity contribution in [1.29, 1.82) is 0 Å². The van der Waals surface area contributed by atoms with E-state index >= 15 is 0 Å². The molecule has 0 amide bonds. The summed E-state index contributed by atoms with van der Waals surface area (Å²) in [5.41, 5.74) is -1.26. The van der Waals surface area contributed by atoms with Gasteiger partial charge >= 0.3 is 11.7 Å². The van der Waals surface area contributed by atoms with Gasteiger partial charge in [-0.15, -0.1) is 0 Å². The van der Waals surface area contributed by atoms with Crippen LogP contribution in [0.25, 0.3) is 11.0 Å². The molecular formula is C29H35N3O7. The van der Waals surface area contributed by atoms with Gasteiger partial charge in [-0.05, 0) is 57.7 Å². The van der Waals surface area contributed by atoms with Gasteiger partial charge in [0.1, 0.15) is 17.4 Å². The molecule has 1 saturated carbocycles. The number of fused-ring (bicyclic) bond motifs is 1. The molecule has 1 aromatic carbocycles. The van der Waals surface area contributed by atoms with E-state index in [9.17, 15) is 19.5 Å². The quantitative estimate of drug-likeness (QED) is 0.440. The normalized spacial score (nSPS) is 17.6. The van der Waals surface area contributed by atoms with Crippen LogP contribution in [0.1, 0.15) is 69.2 Å². The van der Waals surface area contributed by atoms with Gasteiger partial charge in [-0.25, -0.2) is 19.1 Å². The fourth-order valence-corrected chi connectivity index (χ4v) is 5.31. The van der Waals surface area contributed by atoms with Gasteiger partial charge in [-0.3, -0.25) is 9.36 Å². The highest BCUT2D eigenvalue weighted by atomic mass is 16.5. The molecule has 39 heavy (non-hydrogen) atoms. The number of para-hydroxylation sites is 1. The molecule has 0 unspecified atom stereocenters. The fraction of sp³-hybridized carbons (Fsp3) is 0.517. The molecule has 1 atom stereocenters. The minimum atomic E-state index is -1.79. The third-order valence-electron chi connectivity index (χ3n) is 7.98. The van der Waals surface area contributed by atoms with Crippen LogP contribution in [0.3, 0.4) is 0 Å². The molecule has 5 rings (SSSR count). The van der Waals surface area contributed by atoms with Crippen molar-refractivity contribution in [3.05, 3.63) is 68.5 Å². The second-order valence-corrected chi connectivity index (χ2v) is 10.8. The van der Waals surface area contributed by atoms with Crippen LogP contribution in [0.2, 0.25) is 0 Å². The van der Waals surface area contributed by atoms with E-state index in [1.165, 1.54) is 18.4 Å². The van der Waals surface area contributed by atoms with E-state index in [0.717, 1.165) is 35.1 Å². The predicted molar refractivity (Wildman–Crippen MR) is 144 cm³/mol. The Morgan fingerprint density at radius 2 is 1.85 bits per heavy atom. The smallest absolute Gasteiger partial charge is 0.332 e. The molecule has 1 aliphatic carbocycles. The molecule has 2 fully saturated rings. The number of methoxy groups -OCH3 is 1. The summed E-state index contributed by atoms with van der Waals surface area (Å²) in [6, 6.07) is 11.1. The summed E-state index contributed by atoms with van der Waals surface area (Å²) in [6.45, 7) is 3.89. The molecule has 10 heteroatoms. The van der Waals surface area contributed by atoms with Crippen molar-refractivity contribution in [3.8, 4) is 5.75 Å². The number of carboxylic acids is 1. The summed E-state index contributed by atoms with van der Waals surface area (Å²) in [5.74, 6) is -0.424. The molecule has 1 saturated heterocycles. The highest BCUT2D eigenvalue weighted by molar-refractivity contribution is 5.78. The summed E-state index contributed by atoms with van der Waals surface area (Å²) >= 11 is 0. The fourth-order valence-electron chi connectivity index (χ4n) is 5.31. The van der Waals surface area contributed by atoms with Crippen molar-refractivity contribution in [1.82, 2.24) is 14.1 Å². The largest absolute Gasteiger partial charge is 0.496 e. The number of hydrogen-bond donors (Lipinski definition) is 1. The summed E-state index contributed by atoms with van der Waals surface area (Å²) in [6.07, 6.45) is 3.78. The van der Waals surface area contributed by atoms with Crippen molar-refractivity contribution in [3.63, 3.8) is 0 Å². The Morgan fingerprint density at radius 1 is 1.13 bits per heavy atom. The number of rotatable bonds is 9. The minimum Gasteiger partial charge on any atom is -0.496 e. The average Bonchev–Trinajstić information content (AvgIpc) is 2.90. The zero-order valence-corrected chi connectivity index (χ0v) is 22.6. The summed E-state index contributed by atoms with van der Waals surface area (Å²) in [7, 11) is 1.58. The van der Waals surface area contributed by atoms with E-state index in [1.807, 2.05) is 30.3 Å². The number of carboxylic acid groups (broad SMARTS) is 1. The van der Waals surface area contributed by atoms with Crippen molar-refractivity contribution in [2.24, 2.45) is 0 Å². The van der Waals surface area contributed by atoms with Crippen molar-refractivity contribution < 1.29 is 24.1 Å². The Balaban J connectivity index is 1.70. The summed E-state index contributed by atoms with van der Waals surface area (Å²) < 4.78 is 19.9.